The van der Waals surface area contributed by atoms with E-state index in [1.165, 1.54) is 0 Å². The maximum absolute atomic E-state index is 5.63. The van der Waals surface area contributed by atoms with Crippen LogP contribution in [0, 0.1) is 0 Å². The van der Waals surface area contributed by atoms with Gasteiger partial charge in [0, 0.05) is 19.3 Å². The number of thioether (sulfide) groups is 1. The molecule has 0 saturated heterocycles. The number of tetrazole rings is 1. The molecule has 6 nitrogen and oxygen atoms in total. The highest BCUT2D eigenvalue weighted by Crippen LogP contribution is 2.15. The molecule has 0 fully saturated rings. The maximum atomic E-state index is 5.63. The van der Waals surface area contributed by atoms with Crippen LogP contribution in [0.5, 0.6) is 5.75 Å². The van der Waals surface area contributed by atoms with Gasteiger partial charge in [0.1, 0.15) is 5.75 Å². The first-order valence-electron chi connectivity index (χ1n) is 5.56. The molecular formula is C11H15N5OS. The lowest BCUT2D eigenvalue weighted by Crippen LogP contribution is -2.03. The fourth-order valence-corrected chi connectivity index (χ4v) is 2.07. The first-order chi connectivity index (χ1) is 8.79. The number of hydrogen-bond acceptors (Lipinski definition) is 6. The lowest BCUT2D eigenvalue weighted by Gasteiger charge is -2.06. The summed E-state index contributed by atoms with van der Waals surface area (Å²) < 4.78 is 7.27. The summed E-state index contributed by atoms with van der Waals surface area (Å²) in [5.74, 6) is 1.63. The molecule has 1 heterocycles. The lowest BCUT2D eigenvalue weighted by atomic mass is 10.2. The first-order valence-corrected chi connectivity index (χ1v) is 6.55. The van der Waals surface area contributed by atoms with Crippen molar-refractivity contribution in [2.45, 2.75) is 11.7 Å². The minimum Gasteiger partial charge on any atom is -0.493 e. The predicted molar refractivity (Wildman–Crippen MR) is 69.4 cm³/mol. The number of rotatable bonds is 6. The lowest BCUT2D eigenvalue weighted by molar-refractivity contribution is 0.343. The Kier molecular flexibility index (Phi) is 4.54. The van der Waals surface area contributed by atoms with Gasteiger partial charge in [-0.25, -0.2) is 4.68 Å². The fourth-order valence-electron chi connectivity index (χ4n) is 1.40. The van der Waals surface area contributed by atoms with E-state index in [1.807, 2.05) is 31.3 Å². The van der Waals surface area contributed by atoms with E-state index in [0.29, 0.717) is 13.2 Å². The molecule has 0 saturated carbocycles. The normalized spacial score (nSPS) is 10.6. The minimum atomic E-state index is 0.524. The molecule has 0 spiro atoms. The van der Waals surface area contributed by atoms with Crippen LogP contribution in [0.4, 0.5) is 0 Å². The van der Waals surface area contributed by atoms with Crippen molar-refractivity contribution in [3.63, 3.8) is 0 Å². The third-order valence-corrected chi connectivity index (χ3v) is 3.27. The average Bonchev–Trinajstić information content (AvgIpc) is 2.81. The average molecular weight is 265 g/mol. The van der Waals surface area contributed by atoms with Crippen LogP contribution in [0.3, 0.4) is 0 Å². The van der Waals surface area contributed by atoms with Crippen LogP contribution in [0.2, 0.25) is 0 Å². The summed E-state index contributed by atoms with van der Waals surface area (Å²) in [7, 11) is 1.81. The maximum Gasteiger partial charge on any atom is 0.209 e. The van der Waals surface area contributed by atoms with E-state index >= 15 is 0 Å². The summed E-state index contributed by atoms with van der Waals surface area (Å²) in [5, 5.41) is 12.0. The topological polar surface area (TPSA) is 78.8 Å². The van der Waals surface area contributed by atoms with Crippen molar-refractivity contribution in [2.24, 2.45) is 12.8 Å². The van der Waals surface area contributed by atoms with Gasteiger partial charge in [0.2, 0.25) is 5.16 Å². The second kappa shape index (κ2) is 6.36. The van der Waals surface area contributed by atoms with E-state index < -0.39 is 0 Å². The van der Waals surface area contributed by atoms with Gasteiger partial charge in [-0.1, -0.05) is 23.9 Å². The number of ether oxygens (including phenoxy) is 1. The zero-order chi connectivity index (χ0) is 12.8. The van der Waals surface area contributed by atoms with E-state index in [1.54, 1.807) is 16.4 Å². The van der Waals surface area contributed by atoms with Gasteiger partial charge in [0.05, 0.1) is 6.61 Å². The Morgan fingerprint density at radius 2 is 2.33 bits per heavy atom. The quantitative estimate of drug-likeness (QED) is 0.616. The van der Waals surface area contributed by atoms with Gasteiger partial charge in [-0.15, -0.1) is 5.10 Å². The Balaban J connectivity index is 1.76. The predicted octanol–water partition coefficient (Wildman–Crippen LogP) is 0.840. The third-order valence-electron chi connectivity index (χ3n) is 2.30. The minimum absolute atomic E-state index is 0.524. The fraction of sp³-hybridized carbons (Fsp3) is 0.364. The van der Waals surface area contributed by atoms with Crippen LogP contribution < -0.4 is 10.5 Å². The molecule has 0 aliphatic carbocycles. The summed E-state index contributed by atoms with van der Waals surface area (Å²) in [4.78, 5) is 0. The Hall–Kier alpha value is -1.60. The number of benzene rings is 1. The molecule has 0 aliphatic heterocycles. The second-order valence-corrected chi connectivity index (χ2v) is 4.70. The Bertz CT molecular complexity index is 502. The van der Waals surface area contributed by atoms with Gasteiger partial charge in [-0.2, -0.15) is 0 Å². The molecule has 0 radical (unpaired) electrons. The highest BCUT2D eigenvalue weighted by molar-refractivity contribution is 7.99. The van der Waals surface area contributed by atoms with Gasteiger partial charge < -0.3 is 10.5 Å². The van der Waals surface area contributed by atoms with Crippen LogP contribution >= 0.6 is 11.8 Å². The van der Waals surface area contributed by atoms with Crippen molar-refractivity contribution in [1.29, 1.82) is 0 Å². The van der Waals surface area contributed by atoms with Gasteiger partial charge in [-0.3, -0.25) is 0 Å². The number of hydrogen-bond donors (Lipinski definition) is 1. The van der Waals surface area contributed by atoms with Crippen molar-refractivity contribution in [2.75, 3.05) is 12.4 Å². The molecule has 0 bridgehead atoms. The zero-order valence-electron chi connectivity index (χ0n) is 10.1. The largest absolute Gasteiger partial charge is 0.493 e. The summed E-state index contributed by atoms with van der Waals surface area (Å²) in [6, 6.07) is 7.80. The van der Waals surface area contributed by atoms with E-state index in [0.717, 1.165) is 22.2 Å². The molecule has 2 aromatic rings. The number of aromatic nitrogens is 4. The molecule has 18 heavy (non-hydrogen) atoms. The highest BCUT2D eigenvalue weighted by atomic mass is 32.2. The van der Waals surface area contributed by atoms with Crippen molar-refractivity contribution >= 4 is 11.8 Å². The summed E-state index contributed by atoms with van der Waals surface area (Å²) >= 11 is 1.56. The molecule has 1 aromatic carbocycles. The SMILES string of the molecule is Cn1nnnc1SCCOc1cccc(CN)c1. The molecule has 0 aliphatic rings. The van der Waals surface area contributed by atoms with E-state index in [-0.39, 0.29) is 0 Å². The molecule has 96 valence electrons. The van der Waals surface area contributed by atoms with Crippen molar-refractivity contribution < 1.29 is 4.74 Å². The molecule has 0 atom stereocenters. The number of nitrogens with two attached hydrogens (primary N) is 1. The zero-order valence-corrected chi connectivity index (χ0v) is 10.9. The number of aryl methyl sites for hydroxylation is 1. The summed E-state index contributed by atoms with van der Waals surface area (Å²) in [6.07, 6.45) is 0. The summed E-state index contributed by atoms with van der Waals surface area (Å²) in [5.41, 5.74) is 6.64. The van der Waals surface area contributed by atoms with Crippen LogP contribution in [0.25, 0.3) is 0 Å². The van der Waals surface area contributed by atoms with Gasteiger partial charge in [-0.05, 0) is 28.1 Å². The molecule has 0 amide bonds. The molecule has 2 N–H and O–H groups in total. The third kappa shape index (κ3) is 3.44. The molecule has 0 unspecified atom stereocenters. The Labute approximate surface area is 110 Å². The summed E-state index contributed by atoms with van der Waals surface area (Å²) in [6.45, 7) is 1.13. The van der Waals surface area contributed by atoms with Gasteiger partial charge in [0.15, 0.2) is 0 Å². The van der Waals surface area contributed by atoms with Crippen LogP contribution in [-0.2, 0) is 13.6 Å². The first kappa shape index (κ1) is 12.8. The van der Waals surface area contributed by atoms with E-state index in [2.05, 4.69) is 15.5 Å². The van der Waals surface area contributed by atoms with E-state index in [4.69, 9.17) is 10.5 Å². The highest BCUT2D eigenvalue weighted by Gasteiger charge is 2.02. The van der Waals surface area contributed by atoms with E-state index in [9.17, 15) is 0 Å². The molecule has 2 rings (SSSR count). The van der Waals surface area contributed by atoms with Crippen LogP contribution in [-0.4, -0.2) is 32.6 Å². The molecular weight excluding hydrogens is 250 g/mol. The smallest absolute Gasteiger partial charge is 0.209 e. The number of nitrogens with zero attached hydrogens (tertiary/aromatic N) is 4. The van der Waals surface area contributed by atoms with Gasteiger partial charge in [0.25, 0.3) is 0 Å². The van der Waals surface area contributed by atoms with Crippen LogP contribution in [0.15, 0.2) is 29.4 Å². The second-order valence-electron chi connectivity index (χ2n) is 3.63. The molecule has 1 aromatic heterocycles. The standard InChI is InChI=1S/C11H15N5OS/c1-16-11(13-14-15-16)18-6-5-17-10-4-2-3-9(7-10)8-12/h2-4,7H,5-6,8,12H2,1H3. The van der Waals surface area contributed by atoms with Crippen molar-refractivity contribution in [1.82, 2.24) is 20.2 Å². The Morgan fingerprint density at radius 3 is 3.06 bits per heavy atom. The van der Waals surface area contributed by atoms with Crippen molar-refractivity contribution in [3.05, 3.63) is 29.8 Å². The van der Waals surface area contributed by atoms with Crippen molar-refractivity contribution in [3.8, 4) is 5.75 Å². The van der Waals surface area contributed by atoms with Crippen LogP contribution in [0.1, 0.15) is 5.56 Å². The molecule has 7 heteroatoms. The van der Waals surface area contributed by atoms with Gasteiger partial charge >= 0.3 is 0 Å². The monoisotopic (exact) mass is 265 g/mol. The Morgan fingerprint density at radius 1 is 1.44 bits per heavy atom.